The molecule has 0 radical (unpaired) electrons. The Morgan fingerprint density at radius 3 is 2.68 bits per heavy atom. The molecule has 1 rings (SSSR count). The molecule has 5 nitrogen and oxygen atoms in total. The second kappa shape index (κ2) is 6.91. The van der Waals surface area contributed by atoms with E-state index in [4.69, 9.17) is 9.84 Å². The number of ether oxygens (including phenoxy) is 1. The molecule has 0 fully saturated rings. The maximum Gasteiger partial charge on any atom is 0.339 e. The number of carboxylic acids is 1. The monoisotopic (exact) mass is 350 g/mol. The van der Waals surface area contributed by atoms with Gasteiger partial charge in [-0.05, 0) is 24.6 Å². The van der Waals surface area contributed by atoms with Crippen molar-refractivity contribution in [3.05, 3.63) is 28.2 Å². The summed E-state index contributed by atoms with van der Waals surface area (Å²) >= 11 is 3.18. The molecule has 0 aliphatic carbocycles. The second-order valence-corrected chi connectivity index (χ2v) is 7.27. The lowest BCUT2D eigenvalue weighted by atomic mass is 10.2. The van der Waals surface area contributed by atoms with Crippen molar-refractivity contribution >= 4 is 31.7 Å². The summed E-state index contributed by atoms with van der Waals surface area (Å²) in [6.45, 7) is 1.76. The van der Waals surface area contributed by atoms with Crippen LogP contribution in [0.1, 0.15) is 23.7 Å². The van der Waals surface area contributed by atoms with E-state index in [2.05, 4.69) is 15.9 Å². The summed E-state index contributed by atoms with van der Waals surface area (Å²) in [7, 11) is -3.01. The maximum absolute atomic E-state index is 11.3. The van der Waals surface area contributed by atoms with Crippen LogP contribution in [0.4, 0.5) is 0 Å². The number of aromatic carboxylic acids is 1. The Morgan fingerprint density at radius 2 is 2.11 bits per heavy atom. The van der Waals surface area contributed by atoms with Gasteiger partial charge in [0.15, 0.2) is 0 Å². The molecular formula is C12H15BrO5S. The van der Waals surface area contributed by atoms with Crippen LogP contribution in [0.25, 0.3) is 0 Å². The number of sulfone groups is 1. The molecule has 1 aromatic rings. The van der Waals surface area contributed by atoms with Crippen LogP contribution in [0.2, 0.25) is 0 Å². The molecule has 1 N–H and O–H groups in total. The van der Waals surface area contributed by atoms with E-state index >= 15 is 0 Å². The minimum absolute atomic E-state index is 0.0441. The first-order valence-electron chi connectivity index (χ1n) is 5.72. The molecule has 0 aliphatic rings. The van der Waals surface area contributed by atoms with Gasteiger partial charge in [0.05, 0.1) is 12.4 Å². The summed E-state index contributed by atoms with van der Waals surface area (Å²) in [5.74, 6) is -0.698. The van der Waals surface area contributed by atoms with Crippen molar-refractivity contribution in [1.29, 1.82) is 0 Å². The SMILES string of the molecule is CCS(=O)(=O)CCCOc1ccc(Br)cc1C(=O)O. The zero-order chi connectivity index (χ0) is 14.5. The molecule has 0 aliphatic heterocycles. The Kier molecular flexibility index (Phi) is 5.81. The first-order chi connectivity index (χ1) is 8.85. The molecule has 7 heteroatoms. The van der Waals surface area contributed by atoms with Crippen LogP contribution in [0.5, 0.6) is 5.75 Å². The minimum atomic E-state index is -3.01. The lowest BCUT2D eigenvalue weighted by molar-refractivity contribution is 0.0692. The third-order valence-corrected chi connectivity index (χ3v) is 4.75. The number of hydrogen-bond acceptors (Lipinski definition) is 4. The summed E-state index contributed by atoms with van der Waals surface area (Å²) in [4.78, 5) is 11.0. The minimum Gasteiger partial charge on any atom is -0.493 e. The Morgan fingerprint density at radius 1 is 1.42 bits per heavy atom. The number of carboxylic acid groups (broad SMARTS) is 1. The van der Waals surface area contributed by atoms with Crippen molar-refractivity contribution in [2.45, 2.75) is 13.3 Å². The van der Waals surface area contributed by atoms with Crippen molar-refractivity contribution in [2.75, 3.05) is 18.1 Å². The molecule has 0 atom stereocenters. The van der Waals surface area contributed by atoms with E-state index in [0.29, 0.717) is 10.9 Å². The molecule has 19 heavy (non-hydrogen) atoms. The highest BCUT2D eigenvalue weighted by atomic mass is 79.9. The predicted molar refractivity (Wildman–Crippen MR) is 75.5 cm³/mol. The average molecular weight is 351 g/mol. The molecule has 1 aromatic carbocycles. The van der Waals surface area contributed by atoms with Crippen LogP contribution in [0.15, 0.2) is 22.7 Å². The molecule has 0 aromatic heterocycles. The second-order valence-electron chi connectivity index (χ2n) is 3.88. The quantitative estimate of drug-likeness (QED) is 0.763. The number of carbonyl (C=O) groups is 1. The van der Waals surface area contributed by atoms with Crippen molar-refractivity contribution in [2.24, 2.45) is 0 Å². The van der Waals surface area contributed by atoms with E-state index in [-0.39, 0.29) is 29.4 Å². The molecule has 0 amide bonds. The van der Waals surface area contributed by atoms with Gasteiger partial charge in [0.1, 0.15) is 21.2 Å². The molecule has 0 spiro atoms. The molecule has 0 saturated heterocycles. The van der Waals surface area contributed by atoms with Gasteiger partial charge in [0.2, 0.25) is 0 Å². The van der Waals surface area contributed by atoms with Gasteiger partial charge in [-0.15, -0.1) is 0 Å². The van der Waals surface area contributed by atoms with E-state index in [1.807, 2.05) is 0 Å². The predicted octanol–water partition coefficient (Wildman–Crippen LogP) is 2.35. The highest BCUT2D eigenvalue weighted by molar-refractivity contribution is 9.10. The van der Waals surface area contributed by atoms with Gasteiger partial charge in [-0.2, -0.15) is 0 Å². The summed E-state index contributed by atoms with van der Waals surface area (Å²) in [5, 5.41) is 9.02. The third kappa shape index (κ3) is 5.20. The molecule has 0 saturated carbocycles. The fourth-order valence-corrected chi connectivity index (χ4v) is 2.61. The van der Waals surface area contributed by atoms with Gasteiger partial charge in [-0.3, -0.25) is 0 Å². The van der Waals surface area contributed by atoms with Crippen LogP contribution in [-0.2, 0) is 9.84 Å². The van der Waals surface area contributed by atoms with E-state index in [1.54, 1.807) is 19.1 Å². The maximum atomic E-state index is 11.3. The van der Waals surface area contributed by atoms with Crippen LogP contribution in [0.3, 0.4) is 0 Å². The standard InChI is InChI=1S/C12H15BrO5S/c1-2-19(16,17)7-3-6-18-11-5-4-9(13)8-10(11)12(14)15/h4-5,8H,2-3,6-7H2,1H3,(H,14,15). The highest BCUT2D eigenvalue weighted by Gasteiger charge is 2.12. The molecule has 106 valence electrons. The van der Waals surface area contributed by atoms with E-state index < -0.39 is 15.8 Å². The van der Waals surface area contributed by atoms with Gasteiger partial charge in [-0.1, -0.05) is 22.9 Å². The van der Waals surface area contributed by atoms with Crippen molar-refractivity contribution in [3.63, 3.8) is 0 Å². The molecule has 0 unspecified atom stereocenters. The van der Waals surface area contributed by atoms with Crippen LogP contribution >= 0.6 is 15.9 Å². The zero-order valence-corrected chi connectivity index (χ0v) is 12.8. The lowest BCUT2D eigenvalue weighted by Crippen LogP contribution is -2.12. The fourth-order valence-electron chi connectivity index (χ4n) is 1.40. The Hall–Kier alpha value is -1.08. The Bertz CT molecular complexity index is 553. The van der Waals surface area contributed by atoms with E-state index in [9.17, 15) is 13.2 Å². The summed E-state index contributed by atoms with van der Waals surface area (Å²) < 4.78 is 28.5. The van der Waals surface area contributed by atoms with Crippen molar-refractivity contribution < 1.29 is 23.1 Å². The Labute approximate surface area is 120 Å². The fraction of sp³-hybridized carbons (Fsp3) is 0.417. The number of halogens is 1. The topological polar surface area (TPSA) is 80.7 Å². The molecular weight excluding hydrogens is 336 g/mol. The summed E-state index contributed by atoms with van der Waals surface area (Å²) in [5.41, 5.74) is 0.0488. The van der Waals surface area contributed by atoms with Gasteiger partial charge in [-0.25, -0.2) is 13.2 Å². The van der Waals surface area contributed by atoms with E-state index in [1.165, 1.54) is 6.07 Å². The number of rotatable bonds is 7. The normalized spacial score (nSPS) is 11.3. The Balaban J connectivity index is 2.61. The smallest absolute Gasteiger partial charge is 0.339 e. The first kappa shape index (κ1) is 16.0. The zero-order valence-electron chi connectivity index (χ0n) is 10.4. The number of benzene rings is 1. The van der Waals surface area contributed by atoms with Crippen molar-refractivity contribution in [3.8, 4) is 5.75 Å². The summed E-state index contributed by atoms with van der Waals surface area (Å²) in [6, 6.07) is 4.66. The van der Waals surface area contributed by atoms with Gasteiger partial charge in [0, 0.05) is 10.2 Å². The van der Waals surface area contributed by atoms with Crippen LogP contribution in [-0.4, -0.2) is 37.6 Å². The van der Waals surface area contributed by atoms with Crippen molar-refractivity contribution in [1.82, 2.24) is 0 Å². The average Bonchev–Trinajstić information content (AvgIpc) is 2.36. The largest absolute Gasteiger partial charge is 0.493 e. The summed E-state index contributed by atoms with van der Waals surface area (Å²) in [6.07, 6.45) is 0.339. The molecule has 0 heterocycles. The van der Waals surface area contributed by atoms with Gasteiger partial charge >= 0.3 is 5.97 Å². The molecule has 0 bridgehead atoms. The highest BCUT2D eigenvalue weighted by Crippen LogP contribution is 2.23. The van der Waals surface area contributed by atoms with Crippen LogP contribution < -0.4 is 4.74 Å². The third-order valence-electron chi connectivity index (χ3n) is 2.47. The van der Waals surface area contributed by atoms with Gasteiger partial charge < -0.3 is 9.84 Å². The number of hydrogen-bond donors (Lipinski definition) is 1. The van der Waals surface area contributed by atoms with E-state index in [0.717, 1.165) is 0 Å². The van der Waals surface area contributed by atoms with Crippen LogP contribution in [0, 0.1) is 0 Å². The lowest BCUT2D eigenvalue weighted by Gasteiger charge is -2.09. The first-order valence-corrected chi connectivity index (χ1v) is 8.33. The van der Waals surface area contributed by atoms with Gasteiger partial charge in [0.25, 0.3) is 0 Å².